The molecule has 6 nitrogen and oxygen atoms in total. The Hall–Kier alpha value is -2.34. The van der Waals surface area contributed by atoms with Crippen molar-refractivity contribution in [3.8, 4) is 11.5 Å². The largest absolute Gasteiger partial charge is 0.497 e. The highest BCUT2D eigenvalue weighted by molar-refractivity contribution is 6.28. The van der Waals surface area contributed by atoms with Gasteiger partial charge in [-0.05, 0) is 36.7 Å². The van der Waals surface area contributed by atoms with E-state index in [4.69, 9.17) is 21.1 Å². The smallest absolute Gasteiger partial charge is 0.224 e. The highest BCUT2D eigenvalue weighted by Crippen LogP contribution is 2.41. The molecular weight excluding hydrogens is 354 g/mol. The van der Waals surface area contributed by atoms with Crippen LogP contribution in [0.15, 0.2) is 24.3 Å². The summed E-state index contributed by atoms with van der Waals surface area (Å²) in [6.07, 6.45) is 1.90. The molecule has 2 aliphatic rings. The number of ether oxygens (including phenoxy) is 2. The molecule has 4 rings (SSSR count). The maximum absolute atomic E-state index is 12.7. The molecule has 0 amide bonds. The molecule has 0 unspecified atom stereocenters. The zero-order valence-electron chi connectivity index (χ0n) is 14.8. The molecule has 1 fully saturated rings. The Kier molecular flexibility index (Phi) is 4.23. The second-order valence-corrected chi connectivity index (χ2v) is 7.21. The lowest BCUT2D eigenvalue weighted by molar-refractivity contribution is 0.0230. The van der Waals surface area contributed by atoms with Gasteiger partial charge in [-0.1, -0.05) is 0 Å². The van der Waals surface area contributed by atoms with E-state index in [-0.39, 0.29) is 11.1 Å². The molecule has 2 aliphatic heterocycles. The van der Waals surface area contributed by atoms with Gasteiger partial charge in [0.1, 0.15) is 22.9 Å². The third-order valence-electron chi connectivity index (χ3n) is 5.11. The van der Waals surface area contributed by atoms with Crippen LogP contribution in [-0.4, -0.2) is 41.6 Å². The number of carbonyl (C=O) groups excluding carboxylic acids is 1. The Bertz CT molecular complexity index is 843. The molecule has 3 heterocycles. The lowest BCUT2D eigenvalue weighted by Crippen LogP contribution is -2.51. The van der Waals surface area contributed by atoms with Gasteiger partial charge in [-0.2, -0.15) is 0 Å². The number of aromatic nitrogens is 2. The van der Waals surface area contributed by atoms with E-state index in [1.807, 2.05) is 25.1 Å². The Labute approximate surface area is 157 Å². The zero-order valence-corrected chi connectivity index (χ0v) is 15.5. The molecule has 0 atom stereocenters. The first-order chi connectivity index (χ1) is 12.5. The molecule has 2 aromatic rings. The summed E-state index contributed by atoms with van der Waals surface area (Å²) in [7, 11) is 1.59. The Morgan fingerprint density at radius 3 is 2.69 bits per heavy atom. The van der Waals surface area contributed by atoms with E-state index in [1.54, 1.807) is 13.2 Å². The highest BCUT2D eigenvalue weighted by atomic mass is 35.5. The standard InChI is InChI=1S/C19H20ClN3O3/c1-12-9-17(22-18(20)21-12)23-7-5-19(6-8-23)11-15(24)14-10-13(25-2)3-4-16(14)26-19/h3-4,9-10H,5-8,11H2,1-2H3. The number of halogens is 1. The second kappa shape index (κ2) is 6.43. The normalized spacial score (nSPS) is 18.4. The number of anilines is 1. The molecule has 26 heavy (non-hydrogen) atoms. The van der Waals surface area contributed by atoms with Gasteiger partial charge in [0.05, 0.1) is 19.1 Å². The number of ketones is 1. The minimum Gasteiger partial charge on any atom is -0.497 e. The summed E-state index contributed by atoms with van der Waals surface area (Å²) in [4.78, 5) is 23.3. The molecule has 0 aliphatic carbocycles. The van der Waals surface area contributed by atoms with Crippen LogP contribution in [0.1, 0.15) is 35.3 Å². The number of aryl methyl sites for hydroxylation is 1. The van der Waals surface area contributed by atoms with Gasteiger partial charge in [0.25, 0.3) is 0 Å². The lowest BCUT2D eigenvalue weighted by Gasteiger charge is -2.44. The average molecular weight is 374 g/mol. The summed E-state index contributed by atoms with van der Waals surface area (Å²) in [6.45, 7) is 3.41. The van der Waals surface area contributed by atoms with Crippen LogP contribution in [0.2, 0.25) is 5.28 Å². The number of piperidine rings is 1. The van der Waals surface area contributed by atoms with Gasteiger partial charge in [-0.25, -0.2) is 9.97 Å². The summed E-state index contributed by atoms with van der Waals surface area (Å²) >= 11 is 5.98. The fraction of sp³-hybridized carbons (Fsp3) is 0.421. The molecule has 0 radical (unpaired) electrons. The van der Waals surface area contributed by atoms with Crippen molar-refractivity contribution in [1.29, 1.82) is 0 Å². The molecule has 0 N–H and O–H groups in total. The average Bonchev–Trinajstić information content (AvgIpc) is 2.61. The van der Waals surface area contributed by atoms with Crippen molar-refractivity contribution in [2.24, 2.45) is 0 Å². The van der Waals surface area contributed by atoms with Gasteiger partial charge >= 0.3 is 0 Å². The van der Waals surface area contributed by atoms with Gasteiger partial charge in [-0.15, -0.1) is 0 Å². The molecule has 1 aromatic heterocycles. The van der Waals surface area contributed by atoms with Crippen molar-refractivity contribution in [3.05, 3.63) is 40.8 Å². The fourth-order valence-electron chi connectivity index (χ4n) is 3.70. The highest BCUT2D eigenvalue weighted by Gasteiger charge is 2.43. The Morgan fingerprint density at radius 2 is 2.00 bits per heavy atom. The van der Waals surface area contributed by atoms with Gasteiger partial charge < -0.3 is 14.4 Å². The summed E-state index contributed by atoms with van der Waals surface area (Å²) in [6, 6.07) is 7.34. The van der Waals surface area contributed by atoms with Crippen molar-refractivity contribution in [3.63, 3.8) is 0 Å². The minimum atomic E-state index is -0.443. The summed E-state index contributed by atoms with van der Waals surface area (Å²) in [5.74, 6) is 2.25. The van der Waals surface area contributed by atoms with Crippen LogP contribution in [0.3, 0.4) is 0 Å². The SMILES string of the molecule is COc1ccc2c(c1)C(=O)CC1(CCN(c3cc(C)nc(Cl)n3)CC1)O2. The van der Waals surface area contributed by atoms with Gasteiger partial charge in [0.15, 0.2) is 5.78 Å². The van der Waals surface area contributed by atoms with Crippen LogP contribution in [0.25, 0.3) is 0 Å². The van der Waals surface area contributed by atoms with E-state index in [2.05, 4.69) is 14.9 Å². The molecule has 0 saturated carbocycles. The molecule has 1 aromatic carbocycles. The van der Waals surface area contributed by atoms with Crippen LogP contribution >= 0.6 is 11.6 Å². The van der Waals surface area contributed by atoms with Crippen molar-refractivity contribution >= 4 is 23.2 Å². The summed E-state index contributed by atoms with van der Waals surface area (Å²) in [5.41, 5.74) is 1.00. The number of hydrogen-bond acceptors (Lipinski definition) is 6. The topological polar surface area (TPSA) is 64.5 Å². The summed E-state index contributed by atoms with van der Waals surface area (Å²) < 4.78 is 11.5. The number of Topliss-reactive ketones (excluding diaryl/α,β-unsaturated/α-hetero) is 1. The Morgan fingerprint density at radius 1 is 1.23 bits per heavy atom. The number of hydrogen-bond donors (Lipinski definition) is 0. The number of benzene rings is 1. The van der Waals surface area contributed by atoms with Crippen molar-refractivity contribution in [2.75, 3.05) is 25.1 Å². The predicted molar refractivity (Wildman–Crippen MR) is 98.5 cm³/mol. The maximum Gasteiger partial charge on any atom is 0.224 e. The number of methoxy groups -OCH3 is 1. The van der Waals surface area contributed by atoms with E-state index >= 15 is 0 Å². The van der Waals surface area contributed by atoms with Crippen LogP contribution in [0, 0.1) is 6.92 Å². The lowest BCUT2D eigenvalue weighted by atomic mass is 9.82. The van der Waals surface area contributed by atoms with Crippen molar-refractivity contribution < 1.29 is 14.3 Å². The molecule has 1 saturated heterocycles. The van der Waals surface area contributed by atoms with E-state index < -0.39 is 5.60 Å². The van der Waals surface area contributed by atoms with E-state index in [9.17, 15) is 4.79 Å². The Balaban J connectivity index is 1.52. The fourth-order valence-corrected chi connectivity index (χ4v) is 3.92. The van der Waals surface area contributed by atoms with Crippen LogP contribution in [0.4, 0.5) is 5.82 Å². The third-order valence-corrected chi connectivity index (χ3v) is 5.28. The first-order valence-corrected chi connectivity index (χ1v) is 9.02. The maximum atomic E-state index is 12.7. The van der Waals surface area contributed by atoms with Gasteiger partial charge in [0.2, 0.25) is 5.28 Å². The molecule has 136 valence electrons. The van der Waals surface area contributed by atoms with Crippen molar-refractivity contribution in [1.82, 2.24) is 9.97 Å². The van der Waals surface area contributed by atoms with E-state index in [0.717, 1.165) is 37.4 Å². The number of carbonyl (C=O) groups is 1. The van der Waals surface area contributed by atoms with E-state index in [1.165, 1.54) is 0 Å². The number of nitrogens with zero attached hydrogens (tertiary/aromatic N) is 3. The molecule has 7 heteroatoms. The number of fused-ring (bicyclic) bond motifs is 1. The van der Waals surface area contributed by atoms with Crippen LogP contribution < -0.4 is 14.4 Å². The molecular formula is C19H20ClN3O3. The number of rotatable bonds is 2. The van der Waals surface area contributed by atoms with Crippen LogP contribution in [0.5, 0.6) is 11.5 Å². The first-order valence-electron chi connectivity index (χ1n) is 8.64. The van der Waals surface area contributed by atoms with E-state index in [0.29, 0.717) is 23.5 Å². The third kappa shape index (κ3) is 3.09. The first kappa shape index (κ1) is 17.1. The van der Waals surface area contributed by atoms with Gasteiger partial charge in [0, 0.05) is 37.7 Å². The minimum absolute atomic E-state index is 0.111. The zero-order chi connectivity index (χ0) is 18.3. The second-order valence-electron chi connectivity index (χ2n) is 6.87. The van der Waals surface area contributed by atoms with Gasteiger partial charge in [-0.3, -0.25) is 4.79 Å². The van der Waals surface area contributed by atoms with Crippen molar-refractivity contribution in [2.45, 2.75) is 31.8 Å². The molecule has 1 spiro atoms. The monoisotopic (exact) mass is 373 g/mol. The summed E-state index contributed by atoms with van der Waals surface area (Å²) in [5, 5.41) is 0.257. The molecule has 0 bridgehead atoms. The van der Waals surface area contributed by atoms with Crippen LogP contribution in [-0.2, 0) is 0 Å². The predicted octanol–water partition coefficient (Wildman–Crippen LogP) is 3.45. The quantitative estimate of drug-likeness (QED) is 0.751.